The second-order valence-electron chi connectivity index (χ2n) is 6.04. The number of aryl methyl sites for hydroxylation is 2. The van der Waals surface area contributed by atoms with Gasteiger partial charge in [0.25, 0.3) is 0 Å². The number of carbonyl (C=O) groups excluding carboxylic acids is 1. The summed E-state index contributed by atoms with van der Waals surface area (Å²) in [6.07, 6.45) is 2.46. The first kappa shape index (κ1) is 16.7. The number of rotatable bonds is 5. The van der Waals surface area contributed by atoms with E-state index in [9.17, 15) is 9.90 Å². The van der Waals surface area contributed by atoms with Crippen LogP contribution in [-0.4, -0.2) is 17.2 Å². The standard InChI is InChI=1S/C21H20N2O2/c1-15-6-9-19(20(24)12-15)14-22-23-21(25)11-8-16-7-10-17-4-2-3-5-18(17)13-16/h2-7,9-10,12-14,24H,8,11H2,1H3,(H,23,25)/b22-14+. The molecule has 4 nitrogen and oxygen atoms in total. The molecule has 3 rings (SSSR count). The van der Waals surface area contributed by atoms with Gasteiger partial charge in [-0.05, 0) is 47.4 Å². The highest BCUT2D eigenvalue weighted by molar-refractivity contribution is 5.85. The molecule has 0 heterocycles. The normalized spacial score (nSPS) is 11.1. The van der Waals surface area contributed by atoms with Gasteiger partial charge < -0.3 is 5.11 Å². The van der Waals surface area contributed by atoms with Crippen molar-refractivity contribution in [2.45, 2.75) is 19.8 Å². The molecule has 3 aromatic carbocycles. The van der Waals surface area contributed by atoms with Crippen molar-refractivity contribution in [3.63, 3.8) is 0 Å². The highest BCUT2D eigenvalue weighted by Gasteiger charge is 2.03. The van der Waals surface area contributed by atoms with Crippen LogP contribution in [0.3, 0.4) is 0 Å². The van der Waals surface area contributed by atoms with Crippen molar-refractivity contribution in [2.75, 3.05) is 0 Å². The van der Waals surface area contributed by atoms with Crippen LogP contribution in [0.5, 0.6) is 5.75 Å². The van der Waals surface area contributed by atoms with Gasteiger partial charge in [0.2, 0.25) is 5.91 Å². The summed E-state index contributed by atoms with van der Waals surface area (Å²) in [6.45, 7) is 1.90. The Morgan fingerprint density at radius 1 is 1.08 bits per heavy atom. The van der Waals surface area contributed by atoms with Crippen LogP contribution in [0.4, 0.5) is 0 Å². The van der Waals surface area contributed by atoms with E-state index in [1.807, 2.05) is 31.2 Å². The smallest absolute Gasteiger partial charge is 0.240 e. The number of phenols is 1. The second-order valence-corrected chi connectivity index (χ2v) is 6.04. The first-order valence-electron chi connectivity index (χ1n) is 8.21. The number of fused-ring (bicyclic) bond motifs is 1. The van der Waals surface area contributed by atoms with E-state index in [-0.39, 0.29) is 11.7 Å². The van der Waals surface area contributed by atoms with Gasteiger partial charge in [0, 0.05) is 12.0 Å². The van der Waals surface area contributed by atoms with Crippen molar-refractivity contribution < 1.29 is 9.90 Å². The molecular weight excluding hydrogens is 312 g/mol. The van der Waals surface area contributed by atoms with Gasteiger partial charge in [-0.25, -0.2) is 5.43 Å². The maximum atomic E-state index is 11.9. The minimum Gasteiger partial charge on any atom is -0.507 e. The Labute approximate surface area is 146 Å². The van der Waals surface area contributed by atoms with Crippen LogP contribution in [0, 0.1) is 6.92 Å². The molecule has 25 heavy (non-hydrogen) atoms. The fraction of sp³-hybridized carbons (Fsp3) is 0.143. The summed E-state index contributed by atoms with van der Waals surface area (Å²) in [5, 5.41) is 16.1. The summed E-state index contributed by atoms with van der Waals surface area (Å²) in [7, 11) is 0. The third-order valence-corrected chi connectivity index (χ3v) is 4.03. The van der Waals surface area contributed by atoms with Crippen LogP contribution in [0.15, 0.2) is 65.8 Å². The van der Waals surface area contributed by atoms with Gasteiger partial charge in [0.05, 0.1) is 6.21 Å². The van der Waals surface area contributed by atoms with Crippen molar-refractivity contribution in [3.8, 4) is 5.75 Å². The van der Waals surface area contributed by atoms with Crippen molar-refractivity contribution in [1.29, 1.82) is 0 Å². The number of hydrogen-bond donors (Lipinski definition) is 2. The van der Waals surface area contributed by atoms with Gasteiger partial charge in [-0.15, -0.1) is 0 Å². The molecule has 0 radical (unpaired) electrons. The third kappa shape index (κ3) is 4.44. The van der Waals surface area contributed by atoms with Gasteiger partial charge >= 0.3 is 0 Å². The first-order chi connectivity index (χ1) is 12.1. The highest BCUT2D eigenvalue weighted by Crippen LogP contribution is 2.17. The Balaban J connectivity index is 1.54. The molecule has 0 saturated heterocycles. The molecule has 0 aliphatic carbocycles. The Kier molecular flexibility index (Phi) is 5.09. The van der Waals surface area contributed by atoms with Crippen LogP contribution in [0.2, 0.25) is 0 Å². The summed E-state index contributed by atoms with van der Waals surface area (Å²) in [5.41, 5.74) is 5.16. The second kappa shape index (κ2) is 7.62. The summed E-state index contributed by atoms with van der Waals surface area (Å²) in [4.78, 5) is 11.9. The SMILES string of the molecule is Cc1ccc(/C=N/NC(=O)CCc2ccc3ccccc3c2)c(O)c1. The van der Waals surface area contributed by atoms with Crippen LogP contribution in [0.1, 0.15) is 23.1 Å². The molecule has 0 unspecified atom stereocenters. The number of hydrogen-bond acceptors (Lipinski definition) is 3. The number of benzene rings is 3. The number of nitrogens with zero attached hydrogens (tertiary/aromatic N) is 1. The monoisotopic (exact) mass is 332 g/mol. The van der Waals surface area contributed by atoms with E-state index < -0.39 is 0 Å². The van der Waals surface area contributed by atoms with Crippen molar-refractivity contribution in [3.05, 3.63) is 77.4 Å². The molecule has 0 aliphatic rings. The average molecular weight is 332 g/mol. The lowest BCUT2D eigenvalue weighted by atomic mass is 10.0. The summed E-state index contributed by atoms with van der Waals surface area (Å²) >= 11 is 0. The number of amides is 1. The predicted molar refractivity (Wildman–Crippen MR) is 101 cm³/mol. The Hall–Kier alpha value is -3.14. The molecule has 2 N–H and O–H groups in total. The summed E-state index contributed by atoms with van der Waals surface area (Å²) < 4.78 is 0. The van der Waals surface area contributed by atoms with Crippen molar-refractivity contribution in [1.82, 2.24) is 5.43 Å². The molecule has 3 aromatic rings. The van der Waals surface area contributed by atoms with E-state index in [0.29, 0.717) is 18.4 Å². The van der Waals surface area contributed by atoms with E-state index in [4.69, 9.17) is 0 Å². The highest BCUT2D eigenvalue weighted by atomic mass is 16.3. The van der Waals surface area contributed by atoms with E-state index in [1.165, 1.54) is 17.0 Å². The predicted octanol–water partition coefficient (Wildman–Crippen LogP) is 3.94. The van der Waals surface area contributed by atoms with Gasteiger partial charge in [-0.3, -0.25) is 4.79 Å². The van der Waals surface area contributed by atoms with Crippen LogP contribution < -0.4 is 5.43 Å². The van der Waals surface area contributed by atoms with Crippen LogP contribution in [0.25, 0.3) is 10.8 Å². The van der Waals surface area contributed by atoms with E-state index in [2.05, 4.69) is 34.8 Å². The zero-order chi connectivity index (χ0) is 17.6. The molecular formula is C21H20N2O2. The lowest BCUT2D eigenvalue weighted by Gasteiger charge is -2.04. The van der Waals surface area contributed by atoms with E-state index >= 15 is 0 Å². The minimum absolute atomic E-state index is 0.147. The summed E-state index contributed by atoms with van der Waals surface area (Å²) in [6, 6.07) is 19.7. The van der Waals surface area contributed by atoms with E-state index in [1.54, 1.807) is 12.1 Å². The largest absolute Gasteiger partial charge is 0.507 e. The molecule has 4 heteroatoms. The van der Waals surface area contributed by atoms with Gasteiger partial charge in [0.1, 0.15) is 5.75 Å². The quantitative estimate of drug-likeness (QED) is 0.549. The lowest BCUT2D eigenvalue weighted by Crippen LogP contribution is -2.17. The lowest BCUT2D eigenvalue weighted by molar-refractivity contribution is -0.121. The molecule has 0 fully saturated rings. The molecule has 0 spiro atoms. The minimum atomic E-state index is -0.156. The molecule has 0 aromatic heterocycles. The number of phenolic OH excluding ortho intramolecular Hbond substituents is 1. The van der Waals surface area contributed by atoms with Crippen molar-refractivity contribution in [2.24, 2.45) is 5.10 Å². The summed E-state index contributed by atoms with van der Waals surface area (Å²) in [5.74, 6) is -0.00910. The Morgan fingerprint density at radius 2 is 1.88 bits per heavy atom. The fourth-order valence-electron chi connectivity index (χ4n) is 2.64. The fourth-order valence-corrected chi connectivity index (χ4v) is 2.64. The molecule has 0 aliphatic heterocycles. The third-order valence-electron chi connectivity index (χ3n) is 4.03. The van der Waals surface area contributed by atoms with Crippen molar-refractivity contribution >= 4 is 22.9 Å². The Morgan fingerprint density at radius 3 is 2.68 bits per heavy atom. The topological polar surface area (TPSA) is 61.7 Å². The number of hydrazone groups is 1. The molecule has 0 bridgehead atoms. The van der Waals surface area contributed by atoms with Crippen LogP contribution >= 0.6 is 0 Å². The van der Waals surface area contributed by atoms with Gasteiger partial charge in [-0.1, -0.05) is 48.5 Å². The van der Waals surface area contributed by atoms with E-state index in [0.717, 1.165) is 11.1 Å². The molecule has 1 amide bonds. The maximum Gasteiger partial charge on any atom is 0.240 e. The zero-order valence-electron chi connectivity index (χ0n) is 14.1. The van der Waals surface area contributed by atoms with Gasteiger partial charge in [-0.2, -0.15) is 5.10 Å². The molecule has 0 saturated carbocycles. The zero-order valence-corrected chi connectivity index (χ0v) is 14.1. The average Bonchev–Trinajstić information content (AvgIpc) is 2.61. The number of aromatic hydroxyl groups is 1. The number of nitrogens with one attached hydrogen (secondary N) is 1. The molecule has 0 atom stereocenters. The first-order valence-corrected chi connectivity index (χ1v) is 8.21. The van der Waals surface area contributed by atoms with Gasteiger partial charge in [0.15, 0.2) is 0 Å². The molecule has 126 valence electrons. The maximum absolute atomic E-state index is 11.9. The number of carbonyl (C=O) groups is 1. The Bertz CT molecular complexity index is 932. The van der Waals surface area contributed by atoms with Crippen LogP contribution in [-0.2, 0) is 11.2 Å².